The topological polar surface area (TPSA) is 37.8 Å². The number of fused-ring (bicyclic) bond motifs is 1. The molecule has 1 aliphatic carbocycles. The molecule has 5 heteroatoms. The van der Waals surface area contributed by atoms with Crippen LogP contribution in [0.4, 0.5) is 5.82 Å². The number of nitrogens with one attached hydrogen (secondary N) is 1. The van der Waals surface area contributed by atoms with E-state index in [4.69, 9.17) is 11.6 Å². The molecule has 1 fully saturated rings. The van der Waals surface area contributed by atoms with E-state index in [2.05, 4.69) is 29.1 Å². The van der Waals surface area contributed by atoms with Crippen molar-refractivity contribution in [3.8, 4) is 0 Å². The zero-order valence-corrected chi connectivity index (χ0v) is 12.1. The maximum Gasteiger partial charge on any atom is 0.138 e. The van der Waals surface area contributed by atoms with Gasteiger partial charge in [0.2, 0.25) is 0 Å². The van der Waals surface area contributed by atoms with E-state index < -0.39 is 0 Å². The average Bonchev–Trinajstić information content (AvgIpc) is 3.15. The second kappa shape index (κ2) is 4.67. The summed E-state index contributed by atoms with van der Waals surface area (Å²) in [5.41, 5.74) is 1.27. The van der Waals surface area contributed by atoms with E-state index in [9.17, 15) is 0 Å². The van der Waals surface area contributed by atoms with Crippen molar-refractivity contribution in [2.75, 3.05) is 11.9 Å². The van der Waals surface area contributed by atoms with Gasteiger partial charge in [0.15, 0.2) is 0 Å². The van der Waals surface area contributed by atoms with Gasteiger partial charge in [-0.05, 0) is 38.2 Å². The molecule has 0 amide bonds. The molecule has 2 aromatic rings. The zero-order valence-electron chi connectivity index (χ0n) is 10.5. The predicted octanol–water partition coefficient (Wildman–Crippen LogP) is 3.74. The smallest absolute Gasteiger partial charge is 0.138 e. The van der Waals surface area contributed by atoms with Gasteiger partial charge >= 0.3 is 0 Å². The Hall–Kier alpha value is -0.870. The number of aryl methyl sites for hydroxylation is 2. The largest absolute Gasteiger partial charge is 0.368 e. The first-order valence-corrected chi connectivity index (χ1v) is 7.50. The number of hydrogen-bond acceptors (Lipinski definition) is 4. The van der Waals surface area contributed by atoms with Crippen molar-refractivity contribution >= 4 is 39.0 Å². The Kier molecular flexibility index (Phi) is 3.16. The van der Waals surface area contributed by atoms with Crippen LogP contribution in [0.3, 0.4) is 0 Å². The maximum absolute atomic E-state index is 6.32. The van der Waals surface area contributed by atoms with Crippen LogP contribution >= 0.6 is 22.9 Å². The SMILES string of the molecule is Cc1sc2ncnc(NCC(Cl)C3CC3)c2c1C. The first-order valence-electron chi connectivity index (χ1n) is 6.25. The van der Waals surface area contributed by atoms with Gasteiger partial charge in [0.25, 0.3) is 0 Å². The Labute approximate surface area is 116 Å². The molecule has 2 heterocycles. The van der Waals surface area contributed by atoms with Crippen molar-refractivity contribution in [3.05, 3.63) is 16.8 Å². The fourth-order valence-electron chi connectivity index (χ4n) is 2.14. The highest BCUT2D eigenvalue weighted by atomic mass is 35.5. The monoisotopic (exact) mass is 281 g/mol. The van der Waals surface area contributed by atoms with Gasteiger partial charge in [-0.25, -0.2) is 9.97 Å². The first kappa shape index (κ1) is 12.2. The Morgan fingerprint density at radius 2 is 2.22 bits per heavy atom. The molecule has 0 aliphatic heterocycles. The molecule has 0 spiro atoms. The summed E-state index contributed by atoms with van der Waals surface area (Å²) < 4.78 is 0. The van der Waals surface area contributed by atoms with Crippen LogP contribution in [0.1, 0.15) is 23.3 Å². The van der Waals surface area contributed by atoms with Crippen molar-refractivity contribution in [2.45, 2.75) is 32.1 Å². The molecular weight excluding hydrogens is 266 g/mol. The summed E-state index contributed by atoms with van der Waals surface area (Å²) in [6.45, 7) is 5.04. The molecule has 3 rings (SSSR count). The summed E-state index contributed by atoms with van der Waals surface area (Å²) in [6, 6.07) is 0. The number of halogens is 1. The molecule has 1 unspecified atom stereocenters. The van der Waals surface area contributed by atoms with E-state index in [0.29, 0.717) is 5.92 Å². The second-order valence-corrected chi connectivity index (χ2v) is 6.68. The van der Waals surface area contributed by atoms with Gasteiger partial charge in [0, 0.05) is 11.4 Å². The lowest BCUT2D eigenvalue weighted by Crippen LogP contribution is -2.16. The van der Waals surface area contributed by atoms with Crippen LogP contribution in [0.25, 0.3) is 10.2 Å². The van der Waals surface area contributed by atoms with Crippen LogP contribution in [-0.4, -0.2) is 21.9 Å². The van der Waals surface area contributed by atoms with Crippen molar-refractivity contribution in [2.24, 2.45) is 5.92 Å². The quantitative estimate of drug-likeness (QED) is 0.868. The van der Waals surface area contributed by atoms with Gasteiger partial charge in [-0.1, -0.05) is 0 Å². The van der Waals surface area contributed by atoms with E-state index in [-0.39, 0.29) is 5.38 Å². The van der Waals surface area contributed by atoms with E-state index in [1.165, 1.54) is 23.3 Å². The van der Waals surface area contributed by atoms with Crippen LogP contribution in [0.15, 0.2) is 6.33 Å². The minimum Gasteiger partial charge on any atom is -0.368 e. The molecule has 1 atom stereocenters. The van der Waals surface area contributed by atoms with Gasteiger partial charge in [-0.2, -0.15) is 0 Å². The molecule has 2 aromatic heterocycles. The number of alkyl halides is 1. The van der Waals surface area contributed by atoms with Crippen LogP contribution in [0, 0.1) is 19.8 Å². The van der Waals surface area contributed by atoms with Crippen molar-refractivity contribution in [1.29, 1.82) is 0 Å². The lowest BCUT2D eigenvalue weighted by Gasteiger charge is -2.11. The predicted molar refractivity (Wildman–Crippen MR) is 77.7 cm³/mol. The lowest BCUT2D eigenvalue weighted by molar-refractivity contribution is 0.769. The van der Waals surface area contributed by atoms with E-state index in [0.717, 1.165) is 22.6 Å². The molecule has 0 aromatic carbocycles. The minimum atomic E-state index is 0.218. The fourth-order valence-corrected chi connectivity index (χ4v) is 3.46. The number of thiophene rings is 1. The molecule has 96 valence electrons. The van der Waals surface area contributed by atoms with E-state index in [1.54, 1.807) is 17.7 Å². The number of aromatic nitrogens is 2. The highest BCUT2D eigenvalue weighted by Crippen LogP contribution is 2.36. The summed E-state index contributed by atoms with van der Waals surface area (Å²) >= 11 is 8.04. The summed E-state index contributed by atoms with van der Waals surface area (Å²) in [5.74, 6) is 1.62. The first-order chi connectivity index (χ1) is 8.66. The number of nitrogens with zero attached hydrogens (tertiary/aromatic N) is 2. The molecule has 0 saturated heterocycles. The third-order valence-electron chi connectivity index (χ3n) is 3.56. The van der Waals surface area contributed by atoms with Crippen molar-refractivity contribution in [3.63, 3.8) is 0 Å². The van der Waals surface area contributed by atoms with Crippen molar-refractivity contribution in [1.82, 2.24) is 9.97 Å². The molecule has 1 aliphatic rings. The minimum absolute atomic E-state index is 0.218. The molecule has 1 N–H and O–H groups in total. The Bertz CT molecular complexity index is 577. The second-order valence-electron chi connectivity index (χ2n) is 4.92. The van der Waals surface area contributed by atoms with Gasteiger partial charge in [0.05, 0.1) is 10.8 Å². The number of hydrogen-bond donors (Lipinski definition) is 1. The van der Waals surface area contributed by atoms with Gasteiger partial charge in [-0.15, -0.1) is 22.9 Å². The van der Waals surface area contributed by atoms with Crippen LogP contribution in [0.2, 0.25) is 0 Å². The average molecular weight is 282 g/mol. The summed E-state index contributed by atoms with van der Waals surface area (Å²) in [6.07, 6.45) is 4.16. The molecular formula is C13H16ClN3S. The maximum atomic E-state index is 6.32. The normalized spacial score (nSPS) is 17.1. The van der Waals surface area contributed by atoms with Gasteiger partial charge < -0.3 is 5.32 Å². The van der Waals surface area contributed by atoms with Gasteiger partial charge in [-0.3, -0.25) is 0 Å². The highest BCUT2D eigenvalue weighted by Gasteiger charge is 2.29. The van der Waals surface area contributed by atoms with Crippen LogP contribution < -0.4 is 5.32 Å². The number of anilines is 1. The number of rotatable bonds is 4. The van der Waals surface area contributed by atoms with Crippen LogP contribution in [-0.2, 0) is 0 Å². The molecule has 3 nitrogen and oxygen atoms in total. The summed E-state index contributed by atoms with van der Waals surface area (Å²) in [4.78, 5) is 11.1. The Morgan fingerprint density at radius 1 is 1.44 bits per heavy atom. The van der Waals surface area contributed by atoms with Crippen molar-refractivity contribution < 1.29 is 0 Å². The standard InChI is InChI=1S/C13H16ClN3S/c1-7-8(2)18-13-11(7)12(16-6-17-13)15-5-10(14)9-3-4-9/h6,9-10H,3-5H2,1-2H3,(H,15,16,17). The highest BCUT2D eigenvalue weighted by molar-refractivity contribution is 7.18. The van der Waals surface area contributed by atoms with Crippen LogP contribution in [0.5, 0.6) is 0 Å². The zero-order chi connectivity index (χ0) is 12.7. The third-order valence-corrected chi connectivity index (χ3v) is 5.19. The third kappa shape index (κ3) is 2.19. The molecule has 1 saturated carbocycles. The Balaban J connectivity index is 1.86. The Morgan fingerprint density at radius 3 is 2.94 bits per heavy atom. The molecule has 18 heavy (non-hydrogen) atoms. The molecule has 0 bridgehead atoms. The fraction of sp³-hybridized carbons (Fsp3) is 0.538. The van der Waals surface area contributed by atoms with E-state index >= 15 is 0 Å². The summed E-state index contributed by atoms with van der Waals surface area (Å²) in [5, 5.41) is 4.76. The molecule has 0 radical (unpaired) electrons. The summed E-state index contributed by atoms with van der Waals surface area (Å²) in [7, 11) is 0. The van der Waals surface area contributed by atoms with E-state index in [1.807, 2.05) is 0 Å². The van der Waals surface area contributed by atoms with Gasteiger partial charge in [0.1, 0.15) is 17.0 Å². The lowest BCUT2D eigenvalue weighted by atomic mass is 10.2.